The standard InChI is InChI=1S/C19H26O3S/c1-13-3-5-18(6-4-13)23(20,21)22-12-19-9-15-7-16(10-19)14(2)17(8-15)11-19/h3-6,14-17H,7-12H2,1-2H3. The normalized spacial score (nSPS) is 38.9. The van der Waals surface area contributed by atoms with Crippen molar-refractivity contribution in [3.05, 3.63) is 29.8 Å². The van der Waals surface area contributed by atoms with Gasteiger partial charge in [0.2, 0.25) is 0 Å². The van der Waals surface area contributed by atoms with Gasteiger partial charge in [0.15, 0.2) is 0 Å². The predicted molar refractivity (Wildman–Crippen MR) is 89.5 cm³/mol. The average Bonchev–Trinajstić information content (AvgIpc) is 2.50. The fourth-order valence-corrected chi connectivity index (χ4v) is 6.61. The van der Waals surface area contributed by atoms with Crippen LogP contribution in [-0.4, -0.2) is 15.0 Å². The highest BCUT2D eigenvalue weighted by molar-refractivity contribution is 7.86. The van der Waals surface area contributed by atoms with Gasteiger partial charge in [-0.2, -0.15) is 8.42 Å². The summed E-state index contributed by atoms with van der Waals surface area (Å²) in [4.78, 5) is 0.279. The highest BCUT2D eigenvalue weighted by atomic mass is 32.2. The first-order chi connectivity index (χ1) is 10.9. The molecule has 0 spiro atoms. The zero-order valence-corrected chi connectivity index (χ0v) is 14.8. The summed E-state index contributed by atoms with van der Waals surface area (Å²) in [6.45, 7) is 4.72. The van der Waals surface area contributed by atoms with Gasteiger partial charge in [-0.15, -0.1) is 0 Å². The third-order valence-corrected chi connectivity index (χ3v) is 7.98. The number of aryl methyl sites for hydroxylation is 1. The molecule has 4 aliphatic carbocycles. The van der Waals surface area contributed by atoms with Crippen LogP contribution in [-0.2, 0) is 14.3 Å². The predicted octanol–water partition coefficient (Wildman–Crippen LogP) is 4.16. The Morgan fingerprint density at radius 3 is 2.30 bits per heavy atom. The van der Waals surface area contributed by atoms with Crippen molar-refractivity contribution in [3.8, 4) is 0 Å². The van der Waals surface area contributed by atoms with Gasteiger partial charge in [-0.1, -0.05) is 24.6 Å². The van der Waals surface area contributed by atoms with E-state index in [0.717, 1.165) is 48.5 Å². The van der Waals surface area contributed by atoms with Crippen LogP contribution in [0.5, 0.6) is 0 Å². The van der Waals surface area contributed by atoms with E-state index in [4.69, 9.17) is 4.18 Å². The van der Waals surface area contributed by atoms with E-state index in [9.17, 15) is 8.42 Å². The Morgan fingerprint density at radius 1 is 1.09 bits per heavy atom. The van der Waals surface area contributed by atoms with Crippen LogP contribution in [0.15, 0.2) is 29.2 Å². The van der Waals surface area contributed by atoms with Crippen molar-refractivity contribution in [1.82, 2.24) is 0 Å². The van der Waals surface area contributed by atoms with Crippen molar-refractivity contribution in [2.45, 2.75) is 50.8 Å². The van der Waals surface area contributed by atoms with Crippen molar-refractivity contribution < 1.29 is 12.6 Å². The topological polar surface area (TPSA) is 43.4 Å². The number of benzene rings is 1. The number of rotatable bonds is 4. The summed E-state index contributed by atoms with van der Waals surface area (Å²) in [6.07, 6.45) is 6.18. The van der Waals surface area contributed by atoms with Crippen molar-refractivity contribution >= 4 is 10.1 Å². The molecule has 0 aromatic heterocycles. The van der Waals surface area contributed by atoms with Crippen LogP contribution in [0.2, 0.25) is 0 Å². The first kappa shape index (κ1) is 15.6. The molecule has 5 rings (SSSR count). The third kappa shape index (κ3) is 2.74. The maximum Gasteiger partial charge on any atom is 0.296 e. The van der Waals surface area contributed by atoms with Crippen LogP contribution < -0.4 is 0 Å². The summed E-state index contributed by atoms with van der Waals surface area (Å²) < 4.78 is 30.5. The molecule has 4 fully saturated rings. The van der Waals surface area contributed by atoms with Gasteiger partial charge in [-0.25, -0.2) is 0 Å². The lowest BCUT2D eigenvalue weighted by Gasteiger charge is -2.59. The summed E-state index contributed by atoms with van der Waals surface area (Å²) in [5.41, 5.74) is 1.17. The summed E-state index contributed by atoms with van der Waals surface area (Å²) in [6, 6.07) is 6.93. The minimum atomic E-state index is -3.63. The van der Waals surface area contributed by atoms with Crippen molar-refractivity contribution in [2.75, 3.05) is 6.61 Å². The fraction of sp³-hybridized carbons (Fsp3) is 0.684. The van der Waals surface area contributed by atoms with Gasteiger partial charge >= 0.3 is 0 Å². The Labute approximate surface area is 139 Å². The van der Waals surface area contributed by atoms with Crippen LogP contribution in [0, 0.1) is 36.0 Å². The van der Waals surface area contributed by atoms with E-state index in [1.165, 1.54) is 12.8 Å². The molecule has 0 saturated heterocycles. The van der Waals surface area contributed by atoms with E-state index in [1.807, 2.05) is 19.1 Å². The van der Waals surface area contributed by atoms with Crippen molar-refractivity contribution in [1.29, 1.82) is 0 Å². The molecule has 0 N–H and O–H groups in total. The lowest BCUT2D eigenvalue weighted by molar-refractivity contribution is -0.105. The SMILES string of the molecule is Cc1ccc(S(=O)(=O)OCC23CC4CC(C2)C(C)C(C4)C3)cc1. The molecular formula is C19H26O3S. The average molecular weight is 334 g/mol. The molecule has 0 aliphatic heterocycles. The highest BCUT2D eigenvalue weighted by Crippen LogP contribution is 2.62. The number of hydrogen-bond acceptors (Lipinski definition) is 3. The van der Waals surface area contributed by atoms with Crippen molar-refractivity contribution in [2.24, 2.45) is 29.1 Å². The van der Waals surface area contributed by atoms with E-state index in [0.29, 0.717) is 6.61 Å². The van der Waals surface area contributed by atoms with Gasteiger partial charge in [0.1, 0.15) is 0 Å². The fourth-order valence-electron chi connectivity index (χ4n) is 5.60. The quantitative estimate of drug-likeness (QED) is 0.777. The smallest absolute Gasteiger partial charge is 0.266 e. The minimum absolute atomic E-state index is 0.112. The van der Waals surface area contributed by atoms with E-state index < -0.39 is 10.1 Å². The Balaban J connectivity index is 1.50. The molecule has 126 valence electrons. The zero-order valence-electron chi connectivity index (χ0n) is 14.0. The molecule has 4 saturated carbocycles. The molecule has 0 heterocycles. The summed E-state index contributed by atoms with van der Waals surface area (Å²) in [7, 11) is -3.63. The van der Waals surface area contributed by atoms with E-state index >= 15 is 0 Å². The summed E-state index contributed by atoms with van der Waals surface area (Å²) >= 11 is 0. The molecule has 4 aliphatic rings. The molecule has 1 aromatic carbocycles. The summed E-state index contributed by atoms with van der Waals surface area (Å²) in [5, 5.41) is 0. The molecule has 1 aromatic rings. The molecule has 0 radical (unpaired) electrons. The first-order valence-corrected chi connectivity index (χ1v) is 10.2. The van der Waals surface area contributed by atoms with E-state index in [-0.39, 0.29) is 10.3 Å². The Morgan fingerprint density at radius 2 is 1.70 bits per heavy atom. The Hall–Kier alpha value is -0.870. The Bertz CT molecular complexity index is 676. The van der Waals surface area contributed by atoms with Gasteiger partial charge in [0.05, 0.1) is 11.5 Å². The molecule has 2 unspecified atom stereocenters. The second-order valence-corrected chi connectivity index (χ2v) is 9.97. The van der Waals surface area contributed by atoms with Crippen molar-refractivity contribution in [3.63, 3.8) is 0 Å². The maximum atomic E-state index is 12.5. The largest absolute Gasteiger partial charge is 0.296 e. The molecule has 0 amide bonds. The lowest BCUT2D eigenvalue weighted by Crippen LogP contribution is -2.52. The minimum Gasteiger partial charge on any atom is -0.266 e. The van der Waals surface area contributed by atoms with E-state index in [1.54, 1.807) is 12.1 Å². The molecule has 4 bridgehead atoms. The third-order valence-electron chi connectivity index (χ3n) is 6.70. The maximum absolute atomic E-state index is 12.5. The molecule has 23 heavy (non-hydrogen) atoms. The molecule has 4 heteroatoms. The Kier molecular flexibility index (Phi) is 3.62. The van der Waals surface area contributed by atoms with Crippen LogP contribution in [0.1, 0.15) is 44.6 Å². The molecular weight excluding hydrogens is 308 g/mol. The number of hydrogen-bond donors (Lipinski definition) is 0. The van der Waals surface area contributed by atoms with Gasteiger partial charge in [-0.05, 0) is 80.2 Å². The second-order valence-electron chi connectivity index (χ2n) is 8.36. The monoisotopic (exact) mass is 334 g/mol. The first-order valence-electron chi connectivity index (χ1n) is 8.83. The van der Waals surface area contributed by atoms with Gasteiger partial charge in [0, 0.05) is 0 Å². The van der Waals surface area contributed by atoms with Crippen LogP contribution in [0.3, 0.4) is 0 Å². The lowest BCUT2D eigenvalue weighted by atomic mass is 9.47. The van der Waals surface area contributed by atoms with Gasteiger partial charge < -0.3 is 0 Å². The van der Waals surface area contributed by atoms with Crippen LogP contribution in [0.25, 0.3) is 0 Å². The highest BCUT2D eigenvalue weighted by Gasteiger charge is 2.54. The zero-order chi connectivity index (χ0) is 16.2. The molecule has 3 nitrogen and oxygen atoms in total. The second kappa shape index (κ2) is 5.32. The summed E-state index contributed by atoms with van der Waals surface area (Å²) in [5.74, 6) is 3.18. The van der Waals surface area contributed by atoms with Crippen LogP contribution in [0.4, 0.5) is 0 Å². The molecule has 2 atom stereocenters. The van der Waals surface area contributed by atoms with Gasteiger partial charge in [-0.3, -0.25) is 4.18 Å². The van der Waals surface area contributed by atoms with Crippen LogP contribution >= 0.6 is 0 Å². The van der Waals surface area contributed by atoms with E-state index in [2.05, 4.69) is 6.92 Å². The van der Waals surface area contributed by atoms with Gasteiger partial charge in [0.25, 0.3) is 10.1 Å².